The van der Waals surface area contributed by atoms with Crippen molar-refractivity contribution in [1.29, 1.82) is 0 Å². The summed E-state index contributed by atoms with van der Waals surface area (Å²) < 4.78 is 32.2. The maximum absolute atomic E-state index is 13.2. The second-order valence-corrected chi connectivity index (χ2v) is 14.5. The molecule has 50 heavy (non-hydrogen) atoms. The topological polar surface area (TPSA) is 224 Å². The van der Waals surface area contributed by atoms with E-state index in [0.717, 1.165) is 11.1 Å². The minimum atomic E-state index is -4.80. The third-order valence-corrected chi connectivity index (χ3v) is 8.72. The Labute approximate surface area is 294 Å². The monoisotopic (exact) mass is 720 g/mol. The summed E-state index contributed by atoms with van der Waals surface area (Å²) in [6.45, 7) is 14.3. The van der Waals surface area contributed by atoms with Crippen molar-refractivity contribution in [3.05, 3.63) is 93.0 Å². The number of nitrogens with two attached hydrogens (primary N) is 2. The number of methoxy groups -OCH3 is 2. The molecule has 3 aromatic rings. The van der Waals surface area contributed by atoms with Crippen molar-refractivity contribution in [2.45, 2.75) is 84.3 Å². The summed E-state index contributed by atoms with van der Waals surface area (Å²) >= 11 is 0. The molecule has 1 heterocycles. The highest BCUT2D eigenvalue weighted by atomic mass is 31.2. The number of aliphatic hydroxyl groups is 2. The fourth-order valence-corrected chi connectivity index (χ4v) is 5.59. The maximum atomic E-state index is 13.2. The van der Waals surface area contributed by atoms with Gasteiger partial charge in [0.25, 0.3) is 0 Å². The van der Waals surface area contributed by atoms with E-state index in [2.05, 4.69) is 9.47 Å². The molecule has 0 aliphatic carbocycles. The minimum absolute atomic E-state index is 0.0140. The Kier molecular flexibility index (Phi) is 14.4. The molecule has 13 nitrogen and oxygen atoms in total. The standard InChI is InChI=1S/C28H31O7P.2C4H11NO2/c1-15(2)20-13-23(17(5)11-25(20)29)28(22-10-8-7-9-19(22)27(30)34-28)24-14-21(16(3)4)26(12-18(24)6)35-36(31,32)33;2*1-4(5,3-6)7-2/h7-16,29H,1-6H3,(H2,31,32,33);2*6H,3,5H2,1-2H3/t;2*4-/m.00/s1. The number of phosphoric ester groups is 1. The van der Waals surface area contributed by atoms with Crippen molar-refractivity contribution in [3.63, 3.8) is 0 Å². The number of hydrogen-bond donors (Lipinski definition) is 7. The van der Waals surface area contributed by atoms with Crippen LogP contribution in [0.4, 0.5) is 0 Å². The summed E-state index contributed by atoms with van der Waals surface area (Å²) in [6, 6.07) is 14.2. The number of carbonyl (C=O) groups is 1. The van der Waals surface area contributed by atoms with Crippen molar-refractivity contribution < 1.29 is 53.2 Å². The molecule has 3 aromatic carbocycles. The van der Waals surface area contributed by atoms with Gasteiger partial charge >= 0.3 is 13.8 Å². The van der Waals surface area contributed by atoms with Crippen LogP contribution in [0.25, 0.3) is 0 Å². The number of aromatic hydroxyl groups is 1. The van der Waals surface area contributed by atoms with Crippen molar-refractivity contribution >= 4 is 13.8 Å². The lowest BCUT2D eigenvalue weighted by molar-refractivity contribution is -0.0325. The van der Waals surface area contributed by atoms with E-state index in [4.69, 9.17) is 30.9 Å². The van der Waals surface area contributed by atoms with E-state index < -0.39 is 30.8 Å². The van der Waals surface area contributed by atoms with E-state index in [1.165, 1.54) is 14.2 Å². The third-order valence-electron chi connectivity index (χ3n) is 8.28. The molecule has 4 rings (SSSR count). The molecular formula is C36H53N2O11P. The van der Waals surface area contributed by atoms with Crippen LogP contribution in [0, 0.1) is 13.8 Å². The van der Waals surface area contributed by atoms with Gasteiger partial charge in [0.05, 0.1) is 18.8 Å². The molecule has 0 saturated heterocycles. The van der Waals surface area contributed by atoms with Crippen LogP contribution in [0.2, 0.25) is 0 Å². The second kappa shape index (κ2) is 16.8. The van der Waals surface area contributed by atoms with Crippen LogP contribution in [0.5, 0.6) is 11.5 Å². The molecule has 3 atom stereocenters. The quantitative estimate of drug-likeness (QED) is 0.0851. The number of hydrogen-bond acceptors (Lipinski definition) is 11. The number of phenolic OH excluding ortho intramolecular Hbond substituents is 1. The summed E-state index contributed by atoms with van der Waals surface area (Å²) in [5.74, 6) is -0.352. The average molecular weight is 721 g/mol. The number of cyclic esters (lactones) is 1. The molecular weight excluding hydrogens is 667 g/mol. The van der Waals surface area contributed by atoms with Gasteiger partial charge in [0, 0.05) is 30.9 Å². The van der Waals surface area contributed by atoms with E-state index in [1.807, 2.05) is 58.9 Å². The van der Waals surface area contributed by atoms with Gasteiger partial charge in [-0.05, 0) is 92.1 Å². The Bertz CT molecular complexity index is 1660. The van der Waals surface area contributed by atoms with E-state index in [-0.39, 0.29) is 36.5 Å². The summed E-state index contributed by atoms with van der Waals surface area (Å²) in [5.41, 5.74) is 12.6. The van der Waals surface area contributed by atoms with Crippen LogP contribution in [0.15, 0.2) is 48.5 Å². The van der Waals surface area contributed by atoms with Gasteiger partial charge in [0.15, 0.2) is 5.60 Å². The summed E-state index contributed by atoms with van der Waals surface area (Å²) in [5, 5.41) is 27.3. The largest absolute Gasteiger partial charge is 0.524 e. The smallest absolute Gasteiger partial charge is 0.508 e. The van der Waals surface area contributed by atoms with Crippen LogP contribution in [-0.4, -0.2) is 70.0 Å². The van der Waals surface area contributed by atoms with Crippen LogP contribution >= 0.6 is 7.82 Å². The molecule has 0 spiro atoms. The zero-order valence-corrected chi connectivity index (χ0v) is 31.4. The molecule has 278 valence electrons. The van der Waals surface area contributed by atoms with Crippen LogP contribution in [0.1, 0.15) is 103 Å². The number of aliphatic hydroxyl groups excluding tert-OH is 2. The molecule has 1 aliphatic rings. The van der Waals surface area contributed by atoms with Crippen molar-refractivity contribution in [1.82, 2.24) is 0 Å². The highest BCUT2D eigenvalue weighted by Gasteiger charge is 2.50. The van der Waals surface area contributed by atoms with Crippen LogP contribution in [-0.2, 0) is 24.4 Å². The van der Waals surface area contributed by atoms with Gasteiger partial charge in [0.1, 0.15) is 22.9 Å². The van der Waals surface area contributed by atoms with Crippen LogP contribution < -0.4 is 16.0 Å². The minimum Gasteiger partial charge on any atom is -0.508 e. The van der Waals surface area contributed by atoms with Gasteiger partial charge in [-0.15, -0.1) is 0 Å². The Morgan fingerprint density at radius 1 is 0.820 bits per heavy atom. The Morgan fingerprint density at radius 3 is 1.70 bits per heavy atom. The first-order valence-corrected chi connectivity index (χ1v) is 17.5. The Balaban J connectivity index is 0.000000521. The summed E-state index contributed by atoms with van der Waals surface area (Å²) in [4.78, 5) is 32.2. The Hall–Kier alpha value is -3.36. The van der Waals surface area contributed by atoms with Crippen LogP contribution in [0.3, 0.4) is 0 Å². The number of benzene rings is 3. The maximum Gasteiger partial charge on any atom is 0.524 e. The van der Waals surface area contributed by atoms with Gasteiger partial charge in [0.2, 0.25) is 0 Å². The number of phosphoric acid groups is 1. The molecule has 0 saturated carbocycles. The predicted octanol–water partition coefficient (Wildman–Crippen LogP) is 4.79. The van der Waals surface area contributed by atoms with Crippen molar-refractivity contribution in [3.8, 4) is 11.5 Å². The van der Waals surface area contributed by atoms with Gasteiger partial charge in [-0.25, -0.2) is 9.36 Å². The lowest BCUT2D eigenvalue weighted by atomic mass is 9.74. The number of carbonyl (C=O) groups excluding carboxylic acids is 1. The van der Waals surface area contributed by atoms with Gasteiger partial charge in [-0.2, -0.15) is 0 Å². The second-order valence-electron chi connectivity index (χ2n) is 13.3. The molecule has 0 aromatic heterocycles. The molecule has 0 amide bonds. The molecule has 14 heteroatoms. The molecule has 0 fully saturated rings. The predicted molar refractivity (Wildman–Crippen MR) is 190 cm³/mol. The zero-order chi connectivity index (χ0) is 38.4. The van der Waals surface area contributed by atoms with E-state index in [1.54, 1.807) is 45.0 Å². The fraction of sp³-hybridized carbons (Fsp3) is 0.472. The number of ether oxygens (including phenoxy) is 3. The first-order valence-electron chi connectivity index (χ1n) is 16.0. The number of rotatable bonds is 10. The molecule has 9 N–H and O–H groups in total. The van der Waals surface area contributed by atoms with Gasteiger partial charge < -0.3 is 45.5 Å². The number of fused-ring (bicyclic) bond motifs is 1. The average Bonchev–Trinajstić information content (AvgIpc) is 3.33. The normalized spacial score (nSPS) is 17.8. The highest BCUT2D eigenvalue weighted by molar-refractivity contribution is 7.46. The molecule has 0 bridgehead atoms. The first kappa shape index (κ1) is 42.8. The number of esters is 1. The van der Waals surface area contributed by atoms with Gasteiger partial charge in [-0.1, -0.05) is 45.9 Å². The molecule has 1 aliphatic heterocycles. The summed E-state index contributed by atoms with van der Waals surface area (Å²) in [7, 11) is -1.89. The fourth-order valence-electron chi connectivity index (χ4n) is 5.18. The van der Waals surface area contributed by atoms with Crippen molar-refractivity contribution in [2.24, 2.45) is 11.5 Å². The molecule has 0 radical (unpaired) electrons. The Morgan fingerprint density at radius 2 is 1.28 bits per heavy atom. The first-order chi connectivity index (χ1) is 23.0. The van der Waals surface area contributed by atoms with E-state index in [0.29, 0.717) is 33.4 Å². The number of aryl methyl sites for hydroxylation is 2. The zero-order valence-electron chi connectivity index (χ0n) is 30.5. The van der Waals surface area contributed by atoms with Gasteiger partial charge in [-0.3, -0.25) is 9.79 Å². The lowest BCUT2D eigenvalue weighted by Gasteiger charge is -2.34. The molecule has 1 unspecified atom stereocenters. The highest BCUT2D eigenvalue weighted by Crippen LogP contribution is 2.52. The van der Waals surface area contributed by atoms with E-state index >= 15 is 0 Å². The van der Waals surface area contributed by atoms with Crippen molar-refractivity contribution in [2.75, 3.05) is 27.4 Å². The lowest BCUT2D eigenvalue weighted by Crippen LogP contribution is -2.41. The number of phenols is 1. The van der Waals surface area contributed by atoms with E-state index in [9.17, 15) is 24.3 Å². The summed E-state index contributed by atoms with van der Waals surface area (Å²) in [6.07, 6.45) is 0. The third kappa shape index (κ3) is 10.1. The SMILES string of the molecule is CO[C@](C)(N)CO.CO[C@](C)(N)CO.Cc1cc(O)c(C(C)C)cc1C1(c2cc(C(C)C)c(OP(=O)(O)O)cc2C)OC(=O)c2ccccc21.